The lowest BCUT2D eigenvalue weighted by atomic mass is 9.88. The zero-order chi connectivity index (χ0) is 13.7. The van der Waals surface area contributed by atoms with E-state index in [9.17, 15) is 9.59 Å². The molecular weight excluding hydrogens is 244 g/mol. The largest absolute Gasteiger partial charge is 0.377 e. The van der Waals surface area contributed by atoms with Gasteiger partial charge in [0.15, 0.2) is 0 Å². The van der Waals surface area contributed by atoms with Crippen LogP contribution >= 0.6 is 0 Å². The summed E-state index contributed by atoms with van der Waals surface area (Å²) < 4.78 is 0. The van der Waals surface area contributed by atoms with Crippen molar-refractivity contribution in [1.82, 2.24) is 16.0 Å². The highest BCUT2D eigenvalue weighted by atomic mass is 16.2. The third-order valence-corrected chi connectivity index (χ3v) is 3.59. The number of carbonyl (C=O) groups excluding carboxylic acids is 2. The maximum Gasteiger partial charge on any atom is 0.269 e. The normalized spacial score (nSPS) is 23.1. The number of nitrogens with one attached hydrogen (secondary N) is 4. The number of hydrogen-bond donors (Lipinski definition) is 4. The van der Waals surface area contributed by atoms with Gasteiger partial charge >= 0.3 is 0 Å². The minimum absolute atomic E-state index is 0.0101. The molecule has 2 aliphatic rings. The summed E-state index contributed by atoms with van der Waals surface area (Å²) in [6, 6.07) is 0. The lowest BCUT2D eigenvalue weighted by Crippen LogP contribution is -2.46. The van der Waals surface area contributed by atoms with Crippen molar-refractivity contribution in [2.24, 2.45) is 5.92 Å². The Morgan fingerprint density at radius 2 is 1.89 bits per heavy atom. The fourth-order valence-corrected chi connectivity index (χ4v) is 2.52. The Labute approximate surface area is 112 Å². The first kappa shape index (κ1) is 13.6. The predicted octanol–water partition coefficient (Wildman–Crippen LogP) is 0.263. The van der Waals surface area contributed by atoms with Gasteiger partial charge in [-0.2, -0.15) is 0 Å². The van der Waals surface area contributed by atoms with E-state index in [0.29, 0.717) is 13.1 Å². The second-order valence-corrected chi connectivity index (χ2v) is 4.94. The molecule has 0 spiro atoms. The molecular formula is C13H20N4O2. The first-order valence-corrected chi connectivity index (χ1v) is 6.80. The van der Waals surface area contributed by atoms with Crippen molar-refractivity contribution in [3.8, 4) is 0 Å². The third kappa shape index (κ3) is 3.33. The smallest absolute Gasteiger partial charge is 0.269 e. The van der Waals surface area contributed by atoms with Gasteiger partial charge < -0.3 is 21.4 Å². The molecule has 0 unspecified atom stereocenters. The Kier molecular flexibility index (Phi) is 4.54. The van der Waals surface area contributed by atoms with E-state index in [1.54, 1.807) is 0 Å². The maximum absolute atomic E-state index is 12.1. The molecule has 1 aliphatic carbocycles. The van der Waals surface area contributed by atoms with Gasteiger partial charge in [0.1, 0.15) is 5.70 Å². The van der Waals surface area contributed by atoms with Crippen LogP contribution in [0.5, 0.6) is 0 Å². The molecule has 1 saturated carbocycles. The van der Waals surface area contributed by atoms with Gasteiger partial charge in [-0.3, -0.25) is 9.59 Å². The van der Waals surface area contributed by atoms with Gasteiger partial charge in [-0.15, -0.1) is 0 Å². The molecule has 1 heterocycles. The predicted molar refractivity (Wildman–Crippen MR) is 71.5 cm³/mol. The van der Waals surface area contributed by atoms with E-state index in [4.69, 9.17) is 5.41 Å². The van der Waals surface area contributed by atoms with E-state index >= 15 is 0 Å². The van der Waals surface area contributed by atoms with Crippen LogP contribution in [0.25, 0.3) is 0 Å². The quantitative estimate of drug-likeness (QED) is 0.435. The number of hydrogen-bond acceptors (Lipinski definition) is 4. The molecule has 1 saturated heterocycles. The number of amides is 2. The van der Waals surface area contributed by atoms with Crippen LogP contribution in [-0.2, 0) is 9.59 Å². The van der Waals surface area contributed by atoms with E-state index in [-0.39, 0.29) is 29.1 Å². The highest BCUT2D eigenvalue weighted by Gasteiger charge is 2.24. The average molecular weight is 264 g/mol. The fraction of sp³-hybridized carbons (Fsp3) is 0.615. The van der Waals surface area contributed by atoms with Crippen molar-refractivity contribution in [3.05, 3.63) is 11.4 Å². The topological polar surface area (TPSA) is 94.1 Å². The standard InChI is InChI=1S/C13H20N4O2/c14-8-10(11-13(19)16-7-6-15-11)17-12(18)9-4-2-1-3-5-9/h8-9,14-15H,1-7H2,(H,16,19)(H,17,18)/b11-10+,14-8?. The average Bonchev–Trinajstić information content (AvgIpc) is 2.46. The molecule has 6 heteroatoms. The highest BCUT2D eigenvalue weighted by Crippen LogP contribution is 2.23. The zero-order valence-corrected chi connectivity index (χ0v) is 10.9. The van der Waals surface area contributed by atoms with E-state index in [1.807, 2.05) is 0 Å². The zero-order valence-electron chi connectivity index (χ0n) is 10.9. The molecule has 4 N–H and O–H groups in total. The summed E-state index contributed by atoms with van der Waals surface area (Å²) in [5.41, 5.74) is 0.540. The van der Waals surface area contributed by atoms with Crippen molar-refractivity contribution in [3.63, 3.8) is 0 Å². The molecule has 0 bridgehead atoms. The van der Waals surface area contributed by atoms with Gasteiger partial charge in [-0.25, -0.2) is 0 Å². The van der Waals surface area contributed by atoms with Crippen LogP contribution in [0.2, 0.25) is 0 Å². The molecule has 0 radical (unpaired) electrons. The van der Waals surface area contributed by atoms with Crippen LogP contribution in [0, 0.1) is 11.3 Å². The lowest BCUT2D eigenvalue weighted by molar-refractivity contribution is -0.125. The number of piperazine rings is 1. The second-order valence-electron chi connectivity index (χ2n) is 4.94. The Morgan fingerprint density at radius 1 is 1.21 bits per heavy atom. The van der Waals surface area contributed by atoms with Gasteiger partial charge in [0.05, 0.1) is 5.70 Å². The summed E-state index contributed by atoms with van der Waals surface area (Å²) in [5, 5.41) is 15.7. The number of allylic oxidation sites excluding steroid dienone is 1. The molecule has 0 atom stereocenters. The van der Waals surface area contributed by atoms with Crippen molar-refractivity contribution in [2.45, 2.75) is 32.1 Å². The fourth-order valence-electron chi connectivity index (χ4n) is 2.52. The summed E-state index contributed by atoms with van der Waals surface area (Å²) >= 11 is 0. The molecule has 0 aromatic heterocycles. The van der Waals surface area contributed by atoms with Gasteiger partial charge in [-0.1, -0.05) is 19.3 Å². The van der Waals surface area contributed by atoms with E-state index < -0.39 is 0 Å². The lowest BCUT2D eigenvalue weighted by Gasteiger charge is -2.23. The maximum atomic E-state index is 12.1. The minimum Gasteiger partial charge on any atom is -0.377 e. The summed E-state index contributed by atoms with van der Waals surface area (Å²) in [6.07, 6.45) is 6.15. The molecule has 19 heavy (non-hydrogen) atoms. The van der Waals surface area contributed by atoms with Crippen LogP contribution in [0.4, 0.5) is 0 Å². The molecule has 104 valence electrons. The van der Waals surface area contributed by atoms with E-state index in [1.165, 1.54) is 6.42 Å². The molecule has 0 aromatic carbocycles. The van der Waals surface area contributed by atoms with E-state index in [2.05, 4.69) is 16.0 Å². The van der Waals surface area contributed by atoms with Crippen LogP contribution in [-0.4, -0.2) is 31.1 Å². The first-order chi connectivity index (χ1) is 9.22. The van der Waals surface area contributed by atoms with Gasteiger partial charge in [0, 0.05) is 25.2 Å². The summed E-state index contributed by atoms with van der Waals surface area (Å²) in [5.74, 6) is -0.337. The summed E-state index contributed by atoms with van der Waals surface area (Å²) in [6.45, 7) is 1.17. The second kappa shape index (κ2) is 6.36. The van der Waals surface area contributed by atoms with Gasteiger partial charge in [0.25, 0.3) is 5.91 Å². The Morgan fingerprint density at radius 3 is 2.53 bits per heavy atom. The Bertz CT molecular complexity index is 411. The molecule has 0 aromatic rings. The van der Waals surface area contributed by atoms with Gasteiger partial charge in [0.2, 0.25) is 5.91 Å². The SMILES string of the molecule is N=C/C(NC(=O)C1CCCCC1)=C1\NCCNC1=O. The summed E-state index contributed by atoms with van der Waals surface area (Å²) in [4.78, 5) is 23.8. The Hall–Kier alpha value is -1.85. The molecule has 1 aliphatic heterocycles. The van der Waals surface area contributed by atoms with Crippen molar-refractivity contribution in [2.75, 3.05) is 13.1 Å². The first-order valence-electron chi connectivity index (χ1n) is 6.80. The molecule has 6 nitrogen and oxygen atoms in total. The monoisotopic (exact) mass is 264 g/mol. The van der Waals surface area contributed by atoms with Gasteiger partial charge in [-0.05, 0) is 12.8 Å². The minimum atomic E-state index is -0.270. The van der Waals surface area contributed by atoms with Crippen molar-refractivity contribution in [1.29, 1.82) is 5.41 Å². The van der Waals surface area contributed by atoms with Crippen LogP contribution in [0.1, 0.15) is 32.1 Å². The van der Waals surface area contributed by atoms with Crippen LogP contribution in [0.15, 0.2) is 11.4 Å². The number of carbonyl (C=O) groups is 2. The van der Waals surface area contributed by atoms with Crippen molar-refractivity contribution >= 4 is 18.0 Å². The Balaban J connectivity index is 2.05. The van der Waals surface area contributed by atoms with E-state index in [0.717, 1.165) is 31.9 Å². The van der Waals surface area contributed by atoms with Crippen molar-refractivity contribution < 1.29 is 9.59 Å². The van der Waals surface area contributed by atoms with Crippen LogP contribution < -0.4 is 16.0 Å². The molecule has 2 amide bonds. The summed E-state index contributed by atoms with van der Waals surface area (Å²) in [7, 11) is 0. The molecule has 2 rings (SSSR count). The third-order valence-electron chi connectivity index (χ3n) is 3.59. The van der Waals surface area contributed by atoms with Crippen LogP contribution in [0.3, 0.4) is 0 Å². The highest BCUT2D eigenvalue weighted by molar-refractivity contribution is 6.01. The molecule has 2 fully saturated rings. The number of rotatable bonds is 3.